The number of nitro groups is 1. The van der Waals surface area contributed by atoms with Gasteiger partial charge in [-0.15, -0.1) is 0 Å². The predicted octanol–water partition coefficient (Wildman–Crippen LogP) is 2.78. The normalized spacial score (nSPS) is 15.8. The second kappa shape index (κ2) is 2.83. The fourth-order valence-electron chi connectivity index (χ4n) is 1.63. The topological polar surface area (TPSA) is 43.1 Å². The van der Waals surface area contributed by atoms with Gasteiger partial charge in [0.1, 0.15) is 0 Å². The maximum Gasteiger partial charge on any atom is 0.269 e. The van der Waals surface area contributed by atoms with Gasteiger partial charge in [-0.25, -0.2) is 0 Å². The number of hydrogen-bond acceptors (Lipinski definition) is 2. The summed E-state index contributed by atoms with van der Waals surface area (Å²) in [7, 11) is 0. The number of aryl methyl sites for hydroxylation is 1. The van der Waals surface area contributed by atoms with Crippen molar-refractivity contribution in [1.82, 2.24) is 0 Å². The van der Waals surface area contributed by atoms with Crippen molar-refractivity contribution in [2.24, 2.45) is 0 Å². The lowest BCUT2D eigenvalue weighted by molar-refractivity contribution is -0.384. The molecule has 13 heavy (non-hydrogen) atoms. The summed E-state index contributed by atoms with van der Waals surface area (Å²) >= 11 is 0. The highest BCUT2D eigenvalue weighted by Gasteiger charge is 2.25. The van der Waals surface area contributed by atoms with E-state index in [-0.39, 0.29) is 10.6 Å². The van der Waals surface area contributed by atoms with E-state index in [1.54, 1.807) is 12.1 Å². The Hall–Kier alpha value is -1.38. The van der Waals surface area contributed by atoms with Crippen LogP contribution in [0, 0.1) is 17.0 Å². The Morgan fingerprint density at radius 2 is 2.15 bits per heavy atom. The molecule has 0 unspecified atom stereocenters. The molecule has 0 spiro atoms. The Bertz CT molecular complexity index is 356. The third kappa shape index (κ3) is 1.54. The molecule has 1 aliphatic carbocycles. The smallest absolute Gasteiger partial charge is 0.258 e. The highest BCUT2D eigenvalue weighted by Crippen LogP contribution is 2.42. The van der Waals surface area contributed by atoms with Gasteiger partial charge in [-0.1, -0.05) is 6.07 Å². The summed E-state index contributed by atoms with van der Waals surface area (Å²) in [4.78, 5) is 10.1. The minimum atomic E-state index is -0.344. The first-order valence-electron chi connectivity index (χ1n) is 4.43. The third-order valence-corrected chi connectivity index (χ3v) is 2.48. The Labute approximate surface area is 76.5 Å². The largest absolute Gasteiger partial charge is 0.269 e. The molecular formula is C10H11NO2. The van der Waals surface area contributed by atoms with E-state index in [0.717, 1.165) is 5.56 Å². The van der Waals surface area contributed by atoms with Crippen molar-refractivity contribution < 1.29 is 4.92 Å². The van der Waals surface area contributed by atoms with Crippen LogP contribution in [0.25, 0.3) is 0 Å². The fraction of sp³-hybridized carbons (Fsp3) is 0.400. The van der Waals surface area contributed by atoms with Gasteiger partial charge in [0.05, 0.1) is 4.92 Å². The van der Waals surface area contributed by atoms with Gasteiger partial charge in [0, 0.05) is 12.1 Å². The number of hydrogen-bond donors (Lipinski definition) is 0. The molecule has 3 nitrogen and oxygen atoms in total. The second-order valence-corrected chi connectivity index (χ2v) is 3.57. The third-order valence-electron chi connectivity index (χ3n) is 2.48. The molecule has 0 heterocycles. The lowest BCUT2D eigenvalue weighted by Crippen LogP contribution is -1.91. The molecule has 0 saturated heterocycles. The average Bonchev–Trinajstić information content (AvgIpc) is 2.87. The van der Waals surface area contributed by atoms with Crippen LogP contribution in [0.2, 0.25) is 0 Å². The first-order valence-corrected chi connectivity index (χ1v) is 4.43. The van der Waals surface area contributed by atoms with Gasteiger partial charge in [0.15, 0.2) is 0 Å². The van der Waals surface area contributed by atoms with Crippen LogP contribution in [0.1, 0.15) is 29.9 Å². The van der Waals surface area contributed by atoms with Crippen LogP contribution in [0.3, 0.4) is 0 Å². The van der Waals surface area contributed by atoms with Crippen LogP contribution in [0.4, 0.5) is 5.69 Å². The zero-order chi connectivity index (χ0) is 9.42. The molecule has 1 aromatic carbocycles. The summed E-state index contributed by atoms with van der Waals surface area (Å²) < 4.78 is 0. The number of benzene rings is 1. The minimum Gasteiger partial charge on any atom is -0.258 e. The van der Waals surface area contributed by atoms with E-state index in [1.807, 2.05) is 13.0 Å². The van der Waals surface area contributed by atoms with Crippen molar-refractivity contribution in [3.05, 3.63) is 39.4 Å². The average molecular weight is 177 g/mol. The molecule has 1 aliphatic rings. The maximum absolute atomic E-state index is 10.5. The van der Waals surface area contributed by atoms with Crippen molar-refractivity contribution in [3.8, 4) is 0 Å². The quantitative estimate of drug-likeness (QED) is 0.515. The number of rotatable bonds is 2. The van der Waals surface area contributed by atoms with Crippen LogP contribution in [-0.2, 0) is 0 Å². The molecule has 0 bridgehead atoms. The second-order valence-electron chi connectivity index (χ2n) is 3.57. The molecule has 1 aromatic rings. The van der Waals surface area contributed by atoms with Crippen molar-refractivity contribution in [2.45, 2.75) is 25.7 Å². The van der Waals surface area contributed by atoms with E-state index in [1.165, 1.54) is 18.4 Å². The van der Waals surface area contributed by atoms with Crippen LogP contribution in [-0.4, -0.2) is 4.92 Å². The number of nitrogens with zero attached hydrogens (tertiary/aromatic N) is 1. The molecule has 3 heteroatoms. The summed E-state index contributed by atoms with van der Waals surface area (Å²) in [6.07, 6.45) is 2.47. The molecule has 1 saturated carbocycles. The summed E-state index contributed by atoms with van der Waals surface area (Å²) in [5, 5.41) is 10.5. The Morgan fingerprint density at radius 3 is 2.62 bits per heavy atom. The molecule has 2 rings (SSSR count). The fourth-order valence-corrected chi connectivity index (χ4v) is 1.63. The minimum absolute atomic E-state index is 0.196. The van der Waals surface area contributed by atoms with Gasteiger partial charge >= 0.3 is 0 Å². The summed E-state index contributed by atoms with van der Waals surface area (Å²) in [5.41, 5.74) is 2.53. The summed E-state index contributed by atoms with van der Waals surface area (Å²) in [6.45, 7) is 1.95. The zero-order valence-corrected chi connectivity index (χ0v) is 7.49. The van der Waals surface area contributed by atoms with E-state index in [4.69, 9.17) is 0 Å². The van der Waals surface area contributed by atoms with Gasteiger partial charge < -0.3 is 0 Å². The SMILES string of the molecule is Cc1cc([N+](=O)[O-])ccc1C1CC1. The lowest BCUT2D eigenvalue weighted by atomic mass is 10.0. The maximum atomic E-state index is 10.5. The van der Waals surface area contributed by atoms with Crippen LogP contribution >= 0.6 is 0 Å². The molecule has 1 fully saturated rings. The standard InChI is InChI=1S/C10H11NO2/c1-7-6-9(11(12)13)4-5-10(7)8-2-3-8/h4-6,8H,2-3H2,1H3. The zero-order valence-electron chi connectivity index (χ0n) is 7.49. The summed E-state index contributed by atoms with van der Waals surface area (Å²) in [5.74, 6) is 0.667. The van der Waals surface area contributed by atoms with Crippen molar-refractivity contribution in [2.75, 3.05) is 0 Å². The van der Waals surface area contributed by atoms with Crippen LogP contribution in [0.15, 0.2) is 18.2 Å². The molecule has 68 valence electrons. The van der Waals surface area contributed by atoms with Crippen LogP contribution in [0.5, 0.6) is 0 Å². The summed E-state index contributed by atoms with van der Waals surface area (Å²) in [6, 6.07) is 5.15. The Kier molecular flexibility index (Phi) is 1.79. The van der Waals surface area contributed by atoms with Gasteiger partial charge in [0.2, 0.25) is 0 Å². The Morgan fingerprint density at radius 1 is 1.46 bits per heavy atom. The van der Waals surface area contributed by atoms with E-state index < -0.39 is 0 Å². The van der Waals surface area contributed by atoms with Crippen molar-refractivity contribution in [3.63, 3.8) is 0 Å². The van der Waals surface area contributed by atoms with E-state index in [9.17, 15) is 10.1 Å². The lowest BCUT2D eigenvalue weighted by Gasteiger charge is -2.02. The van der Waals surface area contributed by atoms with Crippen molar-refractivity contribution >= 4 is 5.69 Å². The predicted molar refractivity (Wildman–Crippen MR) is 49.8 cm³/mol. The van der Waals surface area contributed by atoms with Gasteiger partial charge in [0.25, 0.3) is 5.69 Å². The van der Waals surface area contributed by atoms with Gasteiger partial charge in [-0.2, -0.15) is 0 Å². The molecule has 0 aromatic heterocycles. The van der Waals surface area contributed by atoms with Gasteiger partial charge in [-0.3, -0.25) is 10.1 Å². The van der Waals surface area contributed by atoms with Crippen LogP contribution < -0.4 is 0 Å². The molecule has 0 radical (unpaired) electrons. The highest BCUT2D eigenvalue weighted by molar-refractivity contribution is 5.42. The molecule has 0 aliphatic heterocycles. The van der Waals surface area contributed by atoms with E-state index in [2.05, 4.69) is 0 Å². The van der Waals surface area contributed by atoms with E-state index in [0.29, 0.717) is 5.92 Å². The molecule has 0 amide bonds. The number of nitro benzene ring substituents is 1. The van der Waals surface area contributed by atoms with E-state index >= 15 is 0 Å². The van der Waals surface area contributed by atoms with Gasteiger partial charge in [-0.05, 0) is 36.8 Å². The molecule has 0 atom stereocenters. The first kappa shape index (κ1) is 8.23. The number of non-ortho nitro benzene ring substituents is 1. The monoisotopic (exact) mass is 177 g/mol. The van der Waals surface area contributed by atoms with Crippen molar-refractivity contribution in [1.29, 1.82) is 0 Å². The highest BCUT2D eigenvalue weighted by atomic mass is 16.6. The Balaban J connectivity index is 2.36. The molecular weight excluding hydrogens is 166 g/mol. The first-order chi connectivity index (χ1) is 6.18. The molecule has 0 N–H and O–H groups in total.